The van der Waals surface area contributed by atoms with Crippen LogP contribution >= 0.6 is 11.6 Å². The summed E-state index contributed by atoms with van der Waals surface area (Å²) in [5, 5.41) is 9.77. The third-order valence-corrected chi connectivity index (χ3v) is 4.97. The number of sulfone groups is 1. The number of carbonyl (C=O) groups is 1. The molecule has 10 heteroatoms. The van der Waals surface area contributed by atoms with Crippen molar-refractivity contribution < 1.29 is 17.6 Å². The van der Waals surface area contributed by atoms with E-state index in [1.54, 1.807) is 42.6 Å². The molecule has 3 aromatic rings. The van der Waals surface area contributed by atoms with Crippen LogP contribution in [0.15, 0.2) is 58.4 Å². The van der Waals surface area contributed by atoms with Crippen LogP contribution in [0.1, 0.15) is 21.8 Å². The molecule has 8 nitrogen and oxygen atoms in total. The van der Waals surface area contributed by atoms with Gasteiger partial charge in [0.15, 0.2) is 0 Å². The zero-order valence-corrected chi connectivity index (χ0v) is 14.9. The average molecular weight is 393 g/mol. The maximum atomic E-state index is 12.3. The minimum Gasteiger partial charge on any atom is -0.411 e. The minimum absolute atomic E-state index is 0.0167. The molecule has 0 unspecified atom stereocenters. The second kappa shape index (κ2) is 7.63. The molecular formula is C16H13ClN4O4S. The van der Waals surface area contributed by atoms with Gasteiger partial charge in [-0.15, -0.1) is 5.10 Å². The Morgan fingerprint density at radius 3 is 2.62 bits per heavy atom. The highest BCUT2D eigenvalue weighted by Crippen LogP contribution is 2.17. The summed E-state index contributed by atoms with van der Waals surface area (Å²) in [7, 11) is -3.80. The summed E-state index contributed by atoms with van der Waals surface area (Å²) >= 11 is 5.78. The summed E-state index contributed by atoms with van der Waals surface area (Å²) < 4.78 is 29.8. The van der Waals surface area contributed by atoms with Gasteiger partial charge in [-0.3, -0.25) is 9.78 Å². The van der Waals surface area contributed by atoms with Gasteiger partial charge in [0.05, 0.1) is 17.9 Å². The molecule has 0 saturated carbocycles. The van der Waals surface area contributed by atoms with Crippen LogP contribution in [0.4, 0.5) is 0 Å². The Balaban J connectivity index is 1.65. The first-order valence-corrected chi connectivity index (χ1v) is 9.45. The van der Waals surface area contributed by atoms with Crippen LogP contribution in [0.2, 0.25) is 5.02 Å². The van der Waals surface area contributed by atoms with Crippen molar-refractivity contribution in [3.8, 4) is 0 Å². The maximum Gasteiger partial charge on any atom is 0.335 e. The molecule has 0 aliphatic heterocycles. The molecule has 0 aliphatic carbocycles. The predicted molar refractivity (Wildman–Crippen MR) is 92.0 cm³/mol. The summed E-state index contributed by atoms with van der Waals surface area (Å²) in [4.78, 5) is 15.8. The molecule has 0 saturated heterocycles. The lowest BCUT2D eigenvalue weighted by Gasteiger charge is -2.02. The highest BCUT2D eigenvalue weighted by Gasteiger charge is 2.23. The van der Waals surface area contributed by atoms with Crippen LogP contribution in [-0.4, -0.2) is 29.5 Å². The van der Waals surface area contributed by atoms with Crippen molar-refractivity contribution in [3.05, 3.63) is 70.8 Å². The van der Waals surface area contributed by atoms with Crippen molar-refractivity contribution >= 4 is 27.3 Å². The molecular weight excluding hydrogens is 380 g/mol. The van der Waals surface area contributed by atoms with Crippen molar-refractivity contribution in [1.29, 1.82) is 0 Å². The lowest BCUT2D eigenvalue weighted by molar-refractivity contribution is 0.0946. The Bertz CT molecular complexity index is 1000. The van der Waals surface area contributed by atoms with Crippen molar-refractivity contribution in [2.75, 3.05) is 0 Å². The number of hydrogen-bond donors (Lipinski definition) is 1. The highest BCUT2D eigenvalue weighted by molar-refractivity contribution is 7.90. The Morgan fingerprint density at radius 1 is 1.15 bits per heavy atom. The number of rotatable bonds is 6. The quantitative estimate of drug-likeness (QED) is 0.682. The maximum absolute atomic E-state index is 12.3. The van der Waals surface area contributed by atoms with Gasteiger partial charge in [-0.1, -0.05) is 28.8 Å². The van der Waals surface area contributed by atoms with Gasteiger partial charge in [0.25, 0.3) is 5.91 Å². The van der Waals surface area contributed by atoms with Crippen molar-refractivity contribution in [2.45, 2.75) is 17.5 Å². The van der Waals surface area contributed by atoms with Crippen LogP contribution in [-0.2, 0) is 22.1 Å². The topological polar surface area (TPSA) is 115 Å². The third-order valence-electron chi connectivity index (χ3n) is 3.31. The smallest absolute Gasteiger partial charge is 0.335 e. The number of carbonyl (C=O) groups excluding carboxylic acids is 1. The van der Waals surface area contributed by atoms with Gasteiger partial charge < -0.3 is 9.73 Å². The zero-order valence-electron chi connectivity index (χ0n) is 13.3. The molecule has 134 valence electrons. The second-order valence-corrected chi connectivity index (χ2v) is 7.58. The molecule has 0 spiro atoms. The number of pyridine rings is 1. The summed E-state index contributed by atoms with van der Waals surface area (Å²) in [6.45, 7) is -0.100. The molecule has 1 aromatic carbocycles. The van der Waals surface area contributed by atoms with Gasteiger partial charge in [-0.05, 0) is 29.8 Å². The number of halogens is 1. The van der Waals surface area contributed by atoms with E-state index >= 15 is 0 Å². The molecule has 2 aromatic heterocycles. The largest absolute Gasteiger partial charge is 0.411 e. The number of amides is 1. The van der Waals surface area contributed by atoms with E-state index in [2.05, 4.69) is 20.5 Å². The van der Waals surface area contributed by atoms with Crippen LogP contribution in [0.25, 0.3) is 0 Å². The van der Waals surface area contributed by atoms with Gasteiger partial charge in [-0.25, -0.2) is 8.42 Å². The van der Waals surface area contributed by atoms with Gasteiger partial charge in [0, 0.05) is 17.4 Å². The van der Waals surface area contributed by atoms with Crippen LogP contribution in [0.3, 0.4) is 0 Å². The Labute approximate surface area is 154 Å². The Kier molecular flexibility index (Phi) is 5.29. The molecule has 1 N–H and O–H groups in total. The summed E-state index contributed by atoms with van der Waals surface area (Å²) in [5.74, 6) is -0.702. The number of nitrogens with zero attached hydrogens (tertiary/aromatic N) is 3. The van der Waals surface area contributed by atoms with E-state index in [4.69, 9.17) is 16.0 Å². The first-order valence-electron chi connectivity index (χ1n) is 7.42. The molecule has 0 aliphatic rings. The lowest BCUT2D eigenvalue weighted by atomic mass is 10.2. The van der Waals surface area contributed by atoms with E-state index in [9.17, 15) is 13.2 Å². The molecule has 0 fully saturated rings. The number of aromatic nitrogens is 3. The fraction of sp³-hybridized carbons (Fsp3) is 0.125. The molecule has 3 rings (SSSR count). The average Bonchev–Trinajstić information content (AvgIpc) is 3.12. The standard InChI is InChI=1S/C16H13ClN4O4S/c17-13-5-3-11(4-6-13)10-26(23,24)16-21-20-14(25-16)9-19-15(22)12-2-1-7-18-8-12/h1-8H,9-10H2,(H,19,22). The highest BCUT2D eigenvalue weighted by atomic mass is 35.5. The predicted octanol–water partition coefficient (Wildman–Crippen LogP) is 2.02. The normalized spacial score (nSPS) is 11.3. The molecule has 26 heavy (non-hydrogen) atoms. The Hall–Kier alpha value is -2.78. The van der Waals surface area contributed by atoms with Gasteiger partial charge in [0.1, 0.15) is 0 Å². The number of benzene rings is 1. The van der Waals surface area contributed by atoms with Crippen LogP contribution in [0.5, 0.6) is 0 Å². The first kappa shape index (κ1) is 18.0. The van der Waals surface area contributed by atoms with E-state index in [1.165, 1.54) is 6.20 Å². The molecule has 1 amide bonds. The van der Waals surface area contributed by atoms with Crippen LogP contribution < -0.4 is 5.32 Å². The van der Waals surface area contributed by atoms with Gasteiger partial charge in [0.2, 0.25) is 15.7 Å². The monoisotopic (exact) mass is 392 g/mol. The van der Waals surface area contributed by atoms with Crippen molar-refractivity contribution in [3.63, 3.8) is 0 Å². The minimum atomic E-state index is -3.80. The van der Waals surface area contributed by atoms with Gasteiger partial charge >= 0.3 is 5.22 Å². The van der Waals surface area contributed by atoms with E-state index in [0.29, 0.717) is 16.1 Å². The Morgan fingerprint density at radius 2 is 1.92 bits per heavy atom. The molecule has 0 bridgehead atoms. The van der Waals surface area contributed by atoms with Gasteiger partial charge in [-0.2, -0.15) is 0 Å². The molecule has 2 heterocycles. The van der Waals surface area contributed by atoms with E-state index in [-0.39, 0.29) is 24.1 Å². The first-order chi connectivity index (χ1) is 12.4. The fourth-order valence-electron chi connectivity index (χ4n) is 2.05. The zero-order chi connectivity index (χ0) is 18.6. The fourth-order valence-corrected chi connectivity index (χ4v) is 3.32. The van der Waals surface area contributed by atoms with E-state index in [1.807, 2.05) is 0 Å². The molecule has 0 atom stereocenters. The summed E-state index contributed by atoms with van der Waals surface area (Å²) in [5.41, 5.74) is 0.904. The number of hydrogen-bond acceptors (Lipinski definition) is 7. The third kappa shape index (κ3) is 4.44. The van der Waals surface area contributed by atoms with E-state index in [0.717, 1.165) is 0 Å². The number of nitrogens with one attached hydrogen (secondary N) is 1. The SMILES string of the molecule is O=C(NCc1nnc(S(=O)(=O)Cc2ccc(Cl)cc2)o1)c1cccnc1. The van der Waals surface area contributed by atoms with Crippen molar-refractivity contribution in [2.24, 2.45) is 0 Å². The van der Waals surface area contributed by atoms with E-state index < -0.39 is 15.1 Å². The van der Waals surface area contributed by atoms with Crippen molar-refractivity contribution in [1.82, 2.24) is 20.5 Å². The van der Waals surface area contributed by atoms with Crippen LogP contribution in [0, 0.1) is 0 Å². The summed E-state index contributed by atoms with van der Waals surface area (Å²) in [6, 6.07) is 9.62. The lowest BCUT2D eigenvalue weighted by Crippen LogP contribution is -2.23. The summed E-state index contributed by atoms with van der Waals surface area (Å²) in [6.07, 6.45) is 2.96. The molecule has 0 radical (unpaired) electrons. The second-order valence-electron chi connectivity index (χ2n) is 5.27.